The van der Waals surface area contributed by atoms with Gasteiger partial charge in [-0.3, -0.25) is 0 Å². The van der Waals surface area contributed by atoms with Gasteiger partial charge in [0, 0.05) is 25.4 Å². The Labute approximate surface area is 119 Å². The molecular weight excluding hydrogens is 254 g/mol. The lowest BCUT2D eigenvalue weighted by atomic mass is 10.1. The van der Waals surface area contributed by atoms with E-state index in [0.717, 1.165) is 17.9 Å². The van der Waals surface area contributed by atoms with E-state index < -0.39 is 0 Å². The summed E-state index contributed by atoms with van der Waals surface area (Å²) in [6.07, 6.45) is 1.73. The van der Waals surface area contributed by atoms with Gasteiger partial charge in [0.1, 0.15) is 10.8 Å². The molecule has 0 amide bonds. The first kappa shape index (κ1) is 13.5. The third-order valence-corrected chi connectivity index (χ3v) is 3.20. The second-order valence-corrected chi connectivity index (χ2v) is 5.05. The molecule has 2 aromatic rings. The zero-order chi connectivity index (χ0) is 13.8. The van der Waals surface area contributed by atoms with E-state index in [1.54, 1.807) is 6.20 Å². The minimum Gasteiger partial charge on any atom is -0.389 e. The van der Waals surface area contributed by atoms with Crippen molar-refractivity contribution < 1.29 is 0 Å². The predicted molar refractivity (Wildman–Crippen MR) is 83.4 cm³/mol. The van der Waals surface area contributed by atoms with Crippen LogP contribution in [0.3, 0.4) is 0 Å². The van der Waals surface area contributed by atoms with E-state index in [1.807, 2.05) is 19.2 Å². The largest absolute Gasteiger partial charge is 0.389 e. The number of anilines is 1. The molecule has 2 rings (SSSR count). The fourth-order valence-corrected chi connectivity index (χ4v) is 1.96. The summed E-state index contributed by atoms with van der Waals surface area (Å²) in [7, 11) is 2.01. The van der Waals surface area contributed by atoms with E-state index in [2.05, 4.69) is 41.1 Å². The zero-order valence-corrected chi connectivity index (χ0v) is 11.9. The number of pyridine rings is 1. The number of aryl methyl sites for hydroxylation is 1. The standard InChI is InChI=1S/C15H17N3S/c1-11-3-5-12(6-4-11)10-18(2)14-9-13(15(16)19)7-8-17-14/h3-9H,10H2,1-2H3,(H2,16,19). The maximum absolute atomic E-state index is 5.64. The van der Waals surface area contributed by atoms with E-state index >= 15 is 0 Å². The number of hydrogen-bond acceptors (Lipinski definition) is 3. The Balaban J connectivity index is 2.15. The number of benzene rings is 1. The quantitative estimate of drug-likeness (QED) is 0.868. The maximum Gasteiger partial charge on any atom is 0.129 e. The topological polar surface area (TPSA) is 42.1 Å². The minimum atomic E-state index is 0.396. The Morgan fingerprint density at radius 3 is 2.58 bits per heavy atom. The summed E-state index contributed by atoms with van der Waals surface area (Å²) in [5.41, 5.74) is 8.99. The number of nitrogens with two attached hydrogens (primary N) is 1. The Morgan fingerprint density at radius 2 is 1.95 bits per heavy atom. The molecule has 98 valence electrons. The smallest absolute Gasteiger partial charge is 0.129 e. The van der Waals surface area contributed by atoms with Crippen LogP contribution in [0.1, 0.15) is 16.7 Å². The normalized spacial score (nSPS) is 10.2. The number of hydrogen-bond donors (Lipinski definition) is 1. The lowest BCUT2D eigenvalue weighted by Gasteiger charge is -2.18. The second-order valence-electron chi connectivity index (χ2n) is 4.61. The van der Waals surface area contributed by atoms with E-state index in [4.69, 9.17) is 18.0 Å². The van der Waals surface area contributed by atoms with Crippen LogP contribution in [0.2, 0.25) is 0 Å². The van der Waals surface area contributed by atoms with Crippen molar-refractivity contribution in [2.75, 3.05) is 11.9 Å². The molecule has 0 bridgehead atoms. The van der Waals surface area contributed by atoms with Gasteiger partial charge >= 0.3 is 0 Å². The highest BCUT2D eigenvalue weighted by molar-refractivity contribution is 7.80. The third kappa shape index (κ3) is 3.51. The molecular formula is C15H17N3S. The van der Waals surface area contributed by atoms with E-state index in [-0.39, 0.29) is 0 Å². The molecule has 0 radical (unpaired) electrons. The third-order valence-electron chi connectivity index (χ3n) is 2.96. The number of aromatic nitrogens is 1. The minimum absolute atomic E-state index is 0.396. The summed E-state index contributed by atoms with van der Waals surface area (Å²) >= 11 is 4.98. The molecule has 0 saturated heterocycles. The number of rotatable bonds is 4. The first-order valence-corrected chi connectivity index (χ1v) is 6.49. The lowest BCUT2D eigenvalue weighted by molar-refractivity contribution is 0.897. The molecule has 1 heterocycles. The highest BCUT2D eigenvalue weighted by Gasteiger charge is 2.05. The molecule has 0 aliphatic rings. The van der Waals surface area contributed by atoms with E-state index in [9.17, 15) is 0 Å². The van der Waals surface area contributed by atoms with Crippen LogP contribution in [0.5, 0.6) is 0 Å². The zero-order valence-electron chi connectivity index (χ0n) is 11.1. The van der Waals surface area contributed by atoms with Gasteiger partial charge in [-0.2, -0.15) is 0 Å². The summed E-state index contributed by atoms with van der Waals surface area (Å²) in [6, 6.07) is 12.2. The van der Waals surface area contributed by atoms with Crippen LogP contribution in [0.15, 0.2) is 42.6 Å². The van der Waals surface area contributed by atoms with Crippen molar-refractivity contribution in [3.05, 3.63) is 59.3 Å². The van der Waals surface area contributed by atoms with Gasteiger partial charge in [-0.15, -0.1) is 0 Å². The summed E-state index contributed by atoms with van der Waals surface area (Å²) < 4.78 is 0. The number of nitrogens with zero attached hydrogens (tertiary/aromatic N) is 2. The van der Waals surface area contributed by atoms with Crippen LogP contribution < -0.4 is 10.6 Å². The van der Waals surface area contributed by atoms with E-state index in [1.165, 1.54) is 11.1 Å². The van der Waals surface area contributed by atoms with Crippen molar-refractivity contribution in [1.82, 2.24) is 4.98 Å². The fourth-order valence-electron chi connectivity index (χ4n) is 1.83. The molecule has 1 aromatic heterocycles. The van der Waals surface area contributed by atoms with Crippen LogP contribution >= 0.6 is 12.2 Å². The predicted octanol–water partition coefficient (Wildman–Crippen LogP) is 2.66. The van der Waals surface area contributed by atoms with Crippen molar-refractivity contribution in [1.29, 1.82) is 0 Å². The van der Waals surface area contributed by atoms with Gasteiger partial charge < -0.3 is 10.6 Å². The van der Waals surface area contributed by atoms with Crippen LogP contribution in [0, 0.1) is 6.92 Å². The van der Waals surface area contributed by atoms with Gasteiger partial charge in [-0.25, -0.2) is 4.98 Å². The Kier molecular flexibility index (Phi) is 4.12. The molecule has 0 saturated carbocycles. The van der Waals surface area contributed by atoms with Crippen LogP contribution in [-0.2, 0) is 6.54 Å². The molecule has 2 N–H and O–H groups in total. The molecule has 0 atom stereocenters. The Morgan fingerprint density at radius 1 is 1.26 bits per heavy atom. The van der Waals surface area contributed by atoms with Crippen molar-refractivity contribution in [2.45, 2.75) is 13.5 Å². The van der Waals surface area contributed by atoms with Gasteiger partial charge in [0.2, 0.25) is 0 Å². The van der Waals surface area contributed by atoms with Crippen molar-refractivity contribution in [3.63, 3.8) is 0 Å². The summed E-state index contributed by atoms with van der Waals surface area (Å²) in [5.74, 6) is 0.867. The highest BCUT2D eigenvalue weighted by atomic mass is 32.1. The molecule has 0 unspecified atom stereocenters. The molecule has 19 heavy (non-hydrogen) atoms. The van der Waals surface area contributed by atoms with Gasteiger partial charge in [0.05, 0.1) is 0 Å². The first-order chi connectivity index (χ1) is 9.06. The molecule has 1 aromatic carbocycles. The summed E-state index contributed by atoms with van der Waals surface area (Å²) in [4.78, 5) is 6.82. The molecule has 0 spiro atoms. The van der Waals surface area contributed by atoms with Crippen LogP contribution in [-0.4, -0.2) is 17.0 Å². The average molecular weight is 271 g/mol. The number of thiocarbonyl (C=S) groups is 1. The summed E-state index contributed by atoms with van der Waals surface area (Å²) in [5, 5.41) is 0. The van der Waals surface area contributed by atoms with Crippen LogP contribution in [0.25, 0.3) is 0 Å². The highest BCUT2D eigenvalue weighted by Crippen LogP contribution is 2.14. The van der Waals surface area contributed by atoms with Crippen molar-refractivity contribution in [2.24, 2.45) is 5.73 Å². The van der Waals surface area contributed by atoms with Crippen molar-refractivity contribution in [3.8, 4) is 0 Å². The molecule has 0 aliphatic heterocycles. The SMILES string of the molecule is Cc1ccc(CN(C)c2cc(C(N)=S)ccn2)cc1. The molecule has 3 nitrogen and oxygen atoms in total. The Bertz CT molecular complexity index is 578. The maximum atomic E-state index is 5.64. The van der Waals surface area contributed by atoms with Gasteiger partial charge in [-0.1, -0.05) is 42.0 Å². The average Bonchev–Trinajstić information content (AvgIpc) is 2.41. The van der Waals surface area contributed by atoms with Gasteiger partial charge in [-0.05, 0) is 24.6 Å². The van der Waals surface area contributed by atoms with Crippen LogP contribution in [0.4, 0.5) is 5.82 Å². The van der Waals surface area contributed by atoms with E-state index in [0.29, 0.717) is 4.99 Å². The lowest BCUT2D eigenvalue weighted by Crippen LogP contribution is -2.19. The van der Waals surface area contributed by atoms with Gasteiger partial charge in [0.15, 0.2) is 0 Å². The Hall–Kier alpha value is -1.94. The van der Waals surface area contributed by atoms with Gasteiger partial charge in [0.25, 0.3) is 0 Å². The first-order valence-electron chi connectivity index (χ1n) is 6.09. The monoisotopic (exact) mass is 271 g/mol. The van der Waals surface area contributed by atoms with Crippen molar-refractivity contribution >= 4 is 23.0 Å². The molecule has 4 heteroatoms. The molecule has 0 aliphatic carbocycles. The molecule has 0 fully saturated rings. The fraction of sp³-hybridized carbons (Fsp3) is 0.200. The second kappa shape index (κ2) is 5.80. The summed E-state index contributed by atoms with van der Waals surface area (Å²) in [6.45, 7) is 2.88.